The van der Waals surface area contributed by atoms with Crippen molar-refractivity contribution >= 4 is 23.7 Å². The van der Waals surface area contributed by atoms with E-state index >= 15 is 0 Å². The van der Waals surface area contributed by atoms with Crippen LogP contribution in [0.25, 0.3) is 0 Å². The van der Waals surface area contributed by atoms with Crippen molar-refractivity contribution in [2.45, 2.75) is 16.7 Å². The zero-order valence-corrected chi connectivity index (χ0v) is 11.0. The third kappa shape index (κ3) is 2.15. The highest BCUT2D eigenvalue weighted by atomic mass is 32.2. The Labute approximate surface area is 114 Å². The molecule has 1 heterocycles. The third-order valence-corrected chi connectivity index (χ3v) is 3.88. The van der Waals surface area contributed by atoms with Gasteiger partial charge in [0.25, 0.3) is 0 Å². The van der Waals surface area contributed by atoms with Gasteiger partial charge in [0.05, 0.1) is 11.1 Å². The van der Waals surface area contributed by atoms with E-state index in [1.165, 1.54) is 0 Å². The smallest absolute Gasteiger partial charge is 0.347 e. The number of esters is 2. The van der Waals surface area contributed by atoms with E-state index in [0.29, 0.717) is 11.1 Å². The van der Waals surface area contributed by atoms with Crippen molar-refractivity contribution in [2.75, 3.05) is 0 Å². The lowest BCUT2D eigenvalue weighted by Crippen LogP contribution is -1.97. The molecule has 0 saturated carbocycles. The number of rotatable bonds is 2. The van der Waals surface area contributed by atoms with Gasteiger partial charge >= 0.3 is 11.9 Å². The van der Waals surface area contributed by atoms with Crippen LogP contribution in [-0.4, -0.2) is 11.9 Å². The first-order chi connectivity index (χ1) is 9.15. The maximum absolute atomic E-state index is 11.6. The van der Waals surface area contributed by atoms with Gasteiger partial charge in [0.2, 0.25) is 0 Å². The standard InChI is InChI=1S/C15H10O3S/c1-9-7-11(19-10-5-3-2-4-6-10)8-12-13(9)15(17)18-14(12)16/h2-8H,1H3. The van der Waals surface area contributed by atoms with E-state index in [0.717, 1.165) is 15.4 Å². The van der Waals surface area contributed by atoms with Crippen molar-refractivity contribution in [3.8, 4) is 0 Å². The summed E-state index contributed by atoms with van der Waals surface area (Å²) in [7, 11) is 0. The number of aryl methyl sites for hydroxylation is 1. The van der Waals surface area contributed by atoms with Gasteiger partial charge < -0.3 is 4.74 Å². The van der Waals surface area contributed by atoms with Crippen LogP contribution in [0.3, 0.4) is 0 Å². The monoisotopic (exact) mass is 270 g/mol. The Morgan fingerprint density at radius 3 is 2.42 bits per heavy atom. The number of carbonyl (C=O) groups excluding carboxylic acids is 2. The molecule has 0 spiro atoms. The highest BCUT2D eigenvalue weighted by molar-refractivity contribution is 7.99. The van der Waals surface area contributed by atoms with Gasteiger partial charge in [-0.25, -0.2) is 9.59 Å². The normalized spacial score (nSPS) is 13.3. The molecule has 0 aromatic heterocycles. The zero-order valence-electron chi connectivity index (χ0n) is 10.2. The average Bonchev–Trinajstić information content (AvgIpc) is 2.66. The van der Waals surface area contributed by atoms with Crippen molar-refractivity contribution in [1.29, 1.82) is 0 Å². The van der Waals surface area contributed by atoms with Gasteiger partial charge in [-0.1, -0.05) is 30.0 Å². The van der Waals surface area contributed by atoms with Gasteiger partial charge in [-0.2, -0.15) is 0 Å². The predicted octanol–water partition coefficient (Wildman–Crippen LogP) is 3.46. The fourth-order valence-electron chi connectivity index (χ4n) is 2.06. The Morgan fingerprint density at radius 1 is 0.947 bits per heavy atom. The van der Waals surface area contributed by atoms with Gasteiger partial charge in [-0.15, -0.1) is 0 Å². The number of carbonyl (C=O) groups is 2. The summed E-state index contributed by atoms with van der Waals surface area (Å²) in [6, 6.07) is 13.5. The Bertz CT molecular complexity index is 677. The highest BCUT2D eigenvalue weighted by Crippen LogP contribution is 2.33. The summed E-state index contributed by atoms with van der Waals surface area (Å²) in [5.41, 5.74) is 1.53. The van der Waals surface area contributed by atoms with Crippen LogP contribution in [0.15, 0.2) is 52.3 Å². The minimum absolute atomic E-state index is 0.364. The number of fused-ring (bicyclic) bond motifs is 1. The quantitative estimate of drug-likeness (QED) is 0.619. The first kappa shape index (κ1) is 12.0. The molecule has 3 nitrogen and oxygen atoms in total. The lowest BCUT2D eigenvalue weighted by Gasteiger charge is -2.05. The van der Waals surface area contributed by atoms with E-state index in [9.17, 15) is 9.59 Å². The lowest BCUT2D eigenvalue weighted by molar-refractivity contribution is 0.0443. The summed E-state index contributed by atoms with van der Waals surface area (Å²) in [5, 5.41) is 0. The van der Waals surface area contributed by atoms with Crippen molar-refractivity contribution in [2.24, 2.45) is 0 Å². The second-order valence-electron chi connectivity index (χ2n) is 4.25. The minimum Gasteiger partial charge on any atom is -0.386 e. The highest BCUT2D eigenvalue weighted by Gasteiger charge is 2.31. The van der Waals surface area contributed by atoms with Crippen LogP contribution in [0.4, 0.5) is 0 Å². The lowest BCUT2D eigenvalue weighted by atomic mass is 10.0. The molecule has 19 heavy (non-hydrogen) atoms. The molecule has 1 aliphatic heterocycles. The van der Waals surface area contributed by atoms with Gasteiger partial charge in [-0.05, 0) is 36.8 Å². The van der Waals surface area contributed by atoms with Crippen LogP contribution < -0.4 is 0 Å². The molecule has 1 aliphatic rings. The first-order valence-electron chi connectivity index (χ1n) is 5.79. The van der Waals surface area contributed by atoms with Crippen LogP contribution >= 0.6 is 11.8 Å². The minimum atomic E-state index is -0.557. The molecule has 0 amide bonds. The van der Waals surface area contributed by atoms with Gasteiger partial charge in [0.1, 0.15) is 0 Å². The van der Waals surface area contributed by atoms with Crippen molar-refractivity contribution in [3.63, 3.8) is 0 Å². The molecule has 0 N–H and O–H groups in total. The Hall–Kier alpha value is -2.07. The Kier molecular flexibility index (Phi) is 2.87. The van der Waals surface area contributed by atoms with Crippen LogP contribution in [0.1, 0.15) is 26.3 Å². The van der Waals surface area contributed by atoms with Crippen LogP contribution in [-0.2, 0) is 4.74 Å². The molecule has 3 rings (SSSR count). The third-order valence-electron chi connectivity index (χ3n) is 2.90. The molecular weight excluding hydrogens is 260 g/mol. The van der Waals surface area contributed by atoms with E-state index < -0.39 is 11.9 Å². The molecule has 0 fully saturated rings. The van der Waals surface area contributed by atoms with E-state index in [1.807, 2.05) is 43.3 Å². The second kappa shape index (κ2) is 4.55. The van der Waals surface area contributed by atoms with Crippen LogP contribution in [0, 0.1) is 6.92 Å². The SMILES string of the molecule is Cc1cc(Sc2ccccc2)cc2c1C(=O)OC2=O. The number of hydrogen-bond donors (Lipinski definition) is 0. The molecule has 0 aliphatic carbocycles. The Morgan fingerprint density at radius 2 is 1.68 bits per heavy atom. The van der Waals surface area contributed by atoms with E-state index in [2.05, 4.69) is 4.74 Å². The topological polar surface area (TPSA) is 43.4 Å². The number of benzene rings is 2. The van der Waals surface area contributed by atoms with Crippen molar-refractivity contribution in [1.82, 2.24) is 0 Å². The molecule has 0 bridgehead atoms. The van der Waals surface area contributed by atoms with E-state index in [-0.39, 0.29) is 0 Å². The number of cyclic esters (lactones) is 2. The molecule has 0 radical (unpaired) electrons. The molecule has 2 aromatic rings. The first-order valence-corrected chi connectivity index (χ1v) is 6.61. The zero-order chi connectivity index (χ0) is 13.4. The van der Waals surface area contributed by atoms with E-state index in [4.69, 9.17) is 0 Å². The molecule has 2 aromatic carbocycles. The summed E-state index contributed by atoms with van der Waals surface area (Å²) >= 11 is 1.55. The van der Waals surface area contributed by atoms with E-state index in [1.54, 1.807) is 17.8 Å². The molecule has 0 unspecified atom stereocenters. The number of hydrogen-bond acceptors (Lipinski definition) is 4. The summed E-state index contributed by atoms with van der Waals surface area (Å²) in [6.07, 6.45) is 0. The van der Waals surface area contributed by atoms with Crippen LogP contribution in [0.5, 0.6) is 0 Å². The molecule has 4 heteroatoms. The summed E-state index contributed by atoms with van der Waals surface area (Å²) in [6.45, 7) is 1.81. The molecule has 94 valence electrons. The molecule has 0 atom stereocenters. The van der Waals surface area contributed by atoms with Crippen LogP contribution in [0.2, 0.25) is 0 Å². The van der Waals surface area contributed by atoms with Gasteiger partial charge in [-0.3, -0.25) is 0 Å². The second-order valence-corrected chi connectivity index (χ2v) is 5.40. The Balaban J connectivity index is 2.02. The largest absolute Gasteiger partial charge is 0.386 e. The average molecular weight is 270 g/mol. The molecular formula is C15H10O3S. The van der Waals surface area contributed by atoms with Gasteiger partial charge in [0, 0.05) is 9.79 Å². The fraction of sp³-hybridized carbons (Fsp3) is 0.0667. The fourth-order valence-corrected chi connectivity index (χ4v) is 3.04. The maximum Gasteiger partial charge on any atom is 0.347 e. The number of ether oxygens (including phenoxy) is 1. The summed E-state index contributed by atoms with van der Waals surface area (Å²) in [5.74, 6) is -1.10. The summed E-state index contributed by atoms with van der Waals surface area (Å²) in [4.78, 5) is 25.1. The molecule has 0 saturated heterocycles. The van der Waals surface area contributed by atoms with Gasteiger partial charge in [0.15, 0.2) is 0 Å². The summed E-state index contributed by atoms with van der Waals surface area (Å²) < 4.78 is 4.63. The predicted molar refractivity (Wildman–Crippen MR) is 71.5 cm³/mol. The maximum atomic E-state index is 11.6. The van der Waals surface area contributed by atoms with Crippen molar-refractivity contribution < 1.29 is 14.3 Å². The van der Waals surface area contributed by atoms with Crippen molar-refractivity contribution in [3.05, 3.63) is 59.2 Å².